The quantitative estimate of drug-likeness (QED) is 0.929. The third-order valence-electron chi connectivity index (χ3n) is 3.44. The first kappa shape index (κ1) is 14.8. The fraction of sp³-hybridized carbons (Fsp3) is 0.267. The van der Waals surface area contributed by atoms with Gasteiger partial charge in [0.05, 0.1) is 24.6 Å². The Morgan fingerprint density at radius 1 is 1.09 bits per heavy atom. The molecule has 7 heteroatoms. The molecule has 1 aromatic carbocycles. The van der Waals surface area contributed by atoms with E-state index < -0.39 is 10.0 Å². The number of nitrogens with zero attached hydrogens (tertiary/aromatic N) is 2. The molecule has 0 aliphatic carbocycles. The lowest BCUT2D eigenvalue weighted by molar-refractivity contribution is 0.123. The molecule has 6 nitrogen and oxygen atoms in total. The number of rotatable bonds is 4. The Labute approximate surface area is 129 Å². The zero-order valence-corrected chi connectivity index (χ0v) is 12.8. The van der Waals surface area contributed by atoms with Crippen LogP contribution >= 0.6 is 0 Å². The first-order chi connectivity index (χ1) is 10.7. The molecule has 22 heavy (non-hydrogen) atoms. The summed E-state index contributed by atoms with van der Waals surface area (Å²) in [5.41, 5.74) is 1.42. The Kier molecular flexibility index (Phi) is 4.26. The Hall–Kier alpha value is -2.12. The van der Waals surface area contributed by atoms with E-state index in [0.717, 1.165) is 18.8 Å². The SMILES string of the molecule is O=S(=O)(Nc1ccccc1N1CCOCC1)c1cccnc1. The van der Waals surface area contributed by atoms with Crippen LogP contribution in [0.15, 0.2) is 53.7 Å². The Morgan fingerprint density at radius 3 is 2.59 bits per heavy atom. The molecule has 1 aliphatic rings. The highest BCUT2D eigenvalue weighted by Gasteiger charge is 2.19. The monoisotopic (exact) mass is 319 g/mol. The molecule has 1 saturated heterocycles. The molecule has 0 spiro atoms. The van der Waals surface area contributed by atoms with Crippen molar-refractivity contribution in [1.29, 1.82) is 0 Å². The average Bonchev–Trinajstić information content (AvgIpc) is 2.57. The third kappa shape index (κ3) is 3.20. The predicted octanol–water partition coefficient (Wildman–Crippen LogP) is 1.72. The van der Waals surface area contributed by atoms with Crippen LogP contribution < -0.4 is 9.62 Å². The van der Waals surface area contributed by atoms with Gasteiger partial charge in [0.2, 0.25) is 0 Å². The van der Waals surface area contributed by atoms with Crippen molar-refractivity contribution < 1.29 is 13.2 Å². The summed E-state index contributed by atoms with van der Waals surface area (Å²) in [7, 11) is -3.64. The minimum absolute atomic E-state index is 0.145. The van der Waals surface area contributed by atoms with Gasteiger partial charge in [0, 0.05) is 25.5 Å². The van der Waals surface area contributed by atoms with Crippen molar-refractivity contribution in [2.75, 3.05) is 35.9 Å². The minimum atomic E-state index is -3.64. The van der Waals surface area contributed by atoms with Crippen LogP contribution in [-0.4, -0.2) is 39.7 Å². The summed E-state index contributed by atoms with van der Waals surface area (Å²) < 4.78 is 32.9. The van der Waals surface area contributed by atoms with E-state index in [2.05, 4.69) is 14.6 Å². The van der Waals surface area contributed by atoms with E-state index in [9.17, 15) is 8.42 Å². The van der Waals surface area contributed by atoms with Crippen molar-refractivity contribution in [2.45, 2.75) is 4.90 Å². The van der Waals surface area contributed by atoms with Gasteiger partial charge in [0.15, 0.2) is 0 Å². The predicted molar refractivity (Wildman–Crippen MR) is 84.5 cm³/mol. The molecule has 1 N–H and O–H groups in total. The number of anilines is 2. The van der Waals surface area contributed by atoms with Gasteiger partial charge in [-0.15, -0.1) is 0 Å². The van der Waals surface area contributed by atoms with Crippen molar-refractivity contribution in [3.63, 3.8) is 0 Å². The van der Waals surface area contributed by atoms with Crippen LogP contribution in [0.3, 0.4) is 0 Å². The number of benzene rings is 1. The average molecular weight is 319 g/mol. The first-order valence-corrected chi connectivity index (χ1v) is 8.50. The summed E-state index contributed by atoms with van der Waals surface area (Å²) in [6, 6.07) is 10.5. The Morgan fingerprint density at radius 2 is 1.86 bits per heavy atom. The van der Waals surface area contributed by atoms with E-state index >= 15 is 0 Å². The van der Waals surface area contributed by atoms with Crippen molar-refractivity contribution in [2.24, 2.45) is 0 Å². The molecule has 116 valence electrons. The largest absolute Gasteiger partial charge is 0.378 e. The lowest BCUT2D eigenvalue weighted by Gasteiger charge is -2.30. The van der Waals surface area contributed by atoms with E-state index in [0.29, 0.717) is 18.9 Å². The number of sulfonamides is 1. The maximum absolute atomic E-state index is 12.4. The molecule has 0 radical (unpaired) electrons. The van der Waals surface area contributed by atoms with Crippen LogP contribution in [-0.2, 0) is 14.8 Å². The zero-order valence-electron chi connectivity index (χ0n) is 12.0. The molecule has 1 aromatic heterocycles. The Balaban J connectivity index is 1.89. The maximum Gasteiger partial charge on any atom is 0.263 e. The molecular weight excluding hydrogens is 302 g/mol. The molecule has 1 aliphatic heterocycles. The molecule has 0 amide bonds. The number of hydrogen-bond acceptors (Lipinski definition) is 5. The van der Waals surface area contributed by atoms with Gasteiger partial charge < -0.3 is 9.64 Å². The molecule has 3 rings (SSSR count). The first-order valence-electron chi connectivity index (χ1n) is 7.01. The summed E-state index contributed by atoms with van der Waals surface area (Å²) in [5, 5.41) is 0. The van der Waals surface area contributed by atoms with E-state index in [1.165, 1.54) is 12.3 Å². The molecule has 1 fully saturated rings. The molecule has 0 bridgehead atoms. The molecule has 0 atom stereocenters. The van der Waals surface area contributed by atoms with Crippen molar-refractivity contribution in [1.82, 2.24) is 4.98 Å². The molecule has 2 aromatic rings. The van der Waals surface area contributed by atoms with Gasteiger partial charge in [0.1, 0.15) is 4.90 Å². The van der Waals surface area contributed by atoms with Crippen LogP contribution in [0.5, 0.6) is 0 Å². The van der Waals surface area contributed by atoms with E-state index in [1.54, 1.807) is 18.3 Å². The summed E-state index contributed by atoms with van der Waals surface area (Å²) in [6.45, 7) is 2.77. The Bertz CT molecular complexity index is 729. The summed E-state index contributed by atoms with van der Waals surface area (Å²) in [5.74, 6) is 0. The van der Waals surface area contributed by atoms with Gasteiger partial charge in [-0.2, -0.15) is 0 Å². The van der Waals surface area contributed by atoms with Gasteiger partial charge in [-0.3, -0.25) is 9.71 Å². The number of hydrogen-bond donors (Lipinski definition) is 1. The maximum atomic E-state index is 12.4. The minimum Gasteiger partial charge on any atom is -0.378 e. The standard InChI is InChI=1S/C15H17N3O3S/c19-22(20,13-4-3-7-16-12-13)17-14-5-1-2-6-15(14)18-8-10-21-11-9-18/h1-7,12,17H,8-11H2. The number of morpholine rings is 1. The zero-order chi connectivity index (χ0) is 15.4. The summed E-state index contributed by atoms with van der Waals surface area (Å²) in [6.07, 6.45) is 2.88. The summed E-state index contributed by atoms with van der Waals surface area (Å²) >= 11 is 0. The van der Waals surface area contributed by atoms with E-state index in [-0.39, 0.29) is 4.90 Å². The van der Waals surface area contributed by atoms with Gasteiger partial charge in [0.25, 0.3) is 10.0 Å². The lowest BCUT2D eigenvalue weighted by atomic mass is 10.2. The van der Waals surface area contributed by atoms with E-state index in [1.807, 2.05) is 18.2 Å². The second-order valence-electron chi connectivity index (χ2n) is 4.91. The summed E-state index contributed by atoms with van der Waals surface area (Å²) in [4.78, 5) is 6.12. The van der Waals surface area contributed by atoms with Gasteiger partial charge >= 0.3 is 0 Å². The molecule has 0 unspecified atom stereocenters. The highest BCUT2D eigenvalue weighted by Crippen LogP contribution is 2.28. The topological polar surface area (TPSA) is 71.5 Å². The highest BCUT2D eigenvalue weighted by molar-refractivity contribution is 7.92. The third-order valence-corrected chi connectivity index (χ3v) is 4.80. The highest BCUT2D eigenvalue weighted by atomic mass is 32.2. The fourth-order valence-corrected chi connectivity index (χ4v) is 3.39. The number of nitrogens with one attached hydrogen (secondary N) is 1. The van der Waals surface area contributed by atoms with Crippen LogP contribution in [0, 0.1) is 0 Å². The van der Waals surface area contributed by atoms with E-state index in [4.69, 9.17) is 4.74 Å². The van der Waals surface area contributed by atoms with Crippen LogP contribution in [0.25, 0.3) is 0 Å². The fourth-order valence-electron chi connectivity index (χ4n) is 2.35. The number of pyridine rings is 1. The van der Waals surface area contributed by atoms with Crippen molar-refractivity contribution in [3.8, 4) is 0 Å². The van der Waals surface area contributed by atoms with Crippen molar-refractivity contribution in [3.05, 3.63) is 48.8 Å². The second-order valence-corrected chi connectivity index (χ2v) is 6.59. The van der Waals surface area contributed by atoms with Crippen LogP contribution in [0.1, 0.15) is 0 Å². The van der Waals surface area contributed by atoms with Gasteiger partial charge in [-0.1, -0.05) is 12.1 Å². The smallest absolute Gasteiger partial charge is 0.263 e. The molecular formula is C15H17N3O3S. The lowest BCUT2D eigenvalue weighted by Crippen LogP contribution is -2.36. The van der Waals surface area contributed by atoms with Crippen molar-refractivity contribution >= 4 is 21.4 Å². The normalized spacial score (nSPS) is 15.5. The van der Waals surface area contributed by atoms with Gasteiger partial charge in [-0.25, -0.2) is 8.42 Å². The number of ether oxygens (including phenoxy) is 1. The van der Waals surface area contributed by atoms with Crippen LogP contribution in [0.4, 0.5) is 11.4 Å². The molecule has 0 saturated carbocycles. The van der Waals surface area contributed by atoms with Gasteiger partial charge in [-0.05, 0) is 24.3 Å². The molecule has 2 heterocycles. The van der Waals surface area contributed by atoms with Crippen LogP contribution in [0.2, 0.25) is 0 Å². The number of aromatic nitrogens is 1. The number of para-hydroxylation sites is 2. The second kappa shape index (κ2) is 6.33.